The predicted molar refractivity (Wildman–Crippen MR) is 321 cm³/mol. The van der Waals surface area contributed by atoms with Gasteiger partial charge in [-0.2, -0.15) is 0 Å². The first-order valence-electron chi connectivity index (χ1n) is 31.9. The van der Waals surface area contributed by atoms with Crippen LogP contribution in [0.15, 0.2) is 72.9 Å². The Bertz CT molecular complexity index is 1370. The molecule has 0 bridgehead atoms. The van der Waals surface area contributed by atoms with Gasteiger partial charge in [0.15, 0.2) is 6.10 Å². The van der Waals surface area contributed by atoms with Crippen LogP contribution in [0.4, 0.5) is 0 Å². The highest BCUT2D eigenvalue weighted by atomic mass is 16.6. The van der Waals surface area contributed by atoms with Gasteiger partial charge in [0.25, 0.3) is 0 Å². The molecule has 0 aromatic carbocycles. The maximum atomic E-state index is 12.9. The van der Waals surface area contributed by atoms with Crippen molar-refractivity contribution >= 4 is 17.9 Å². The molecule has 1 atom stereocenters. The second-order valence-electron chi connectivity index (χ2n) is 21.3. The first kappa shape index (κ1) is 70.8. The number of hydrogen-bond acceptors (Lipinski definition) is 6. The monoisotopic (exact) mass is 1030 g/mol. The highest BCUT2D eigenvalue weighted by Gasteiger charge is 2.19. The number of hydrogen-bond donors (Lipinski definition) is 0. The molecule has 0 spiro atoms. The number of carbonyl (C=O) groups excluding carboxylic acids is 3. The van der Waals surface area contributed by atoms with Crippen molar-refractivity contribution in [2.75, 3.05) is 13.2 Å². The van der Waals surface area contributed by atoms with Crippen molar-refractivity contribution in [1.82, 2.24) is 0 Å². The molecular weight excluding hydrogens is 913 g/mol. The van der Waals surface area contributed by atoms with Crippen molar-refractivity contribution in [3.8, 4) is 0 Å². The maximum absolute atomic E-state index is 12.9. The Balaban J connectivity index is 4.33. The fourth-order valence-corrected chi connectivity index (χ4v) is 9.17. The standard InChI is InChI=1S/C68H120O6/c1-4-7-10-13-16-19-22-25-28-30-31-32-33-34-35-36-37-38-41-43-46-49-52-55-58-61-67(70)73-64-65(63-72-66(69)60-57-54-51-48-45-42-39-27-24-21-18-15-12-9-6-3)74-68(71)62-59-56-53-50-47-44-40-29-26-23-20-17-14-11-8-5-2/h7,10,16,19,25,27-28,31-32,34-35,39,65H,4-6,8-9,11-15,17-18,20-24,26,29-30,33,36-38,40-64H2,1-3H3/b10-7-,19-16-,28-25-,32-31-,35-34-,39-27-. The summed E-state index contributed by atoms with van der Waals surface area (Å²) >= 11 is 0. The Morgan fingerprint density at radius 1 is 0.284 bits per heavy atom. The van der Waals surface area contributed by atoms with E-state index in [-0.39, 0.29) is 31.1 Å². The third kappa shape index (κ3) is 59.7. The van der Waals surface area contributed by atoms with E-state index >= 15 is 0 Å². The van der Waals surface area contributed by atoms with Crippen LogP contribution in [0.1, 0.15) is 323 Å². The van der Waals surface area contributed by atoms with Crippen LogP contribution in [0.5, 0.6) is 0 Å². The minimum atomic E-state index is -0.780. The van der Waals surface area contributed by atoms with Crippen molar-refractivity contribution in [2.45, 2.75) is 329 Å². The van der Waals surface area contributed by atoms with Gasteiger partial charge >= 0.3 is 17.9 Å². The first-order valence-corrected chi connectivity index (χ1v) is 31.9. The second-order valence-corrected chi connectivity index (χ2v) is 21.3. The number of esters is 3. The summed E-state index contributed by atoms with van der Waals surface area (Å²) in [5.74, 6) is -0.875. The van der Waals surface area contributed by atoms with E-state index in [1.807, 2.05) is 0 Å². The second kappa shape index (κ2) is 62.4. The van der Waals surface area contributed by atoms with E-state index in [0.29, 0.717) is 19.3 Å². The molecule has 0 aromatic rings. The summed E-state index contributed by atoms with van der Waals surface area (Å²) in [5.41, 5.74) is 0. The molecule has 0 aliphatic heterocycles. The molecule has 6 heteroatoms. The number of rotatable bonds is 58. The molecule has 0 amide bonds. The molecule has 0 aliphatic carbocycles. The Morgan fingerprint density at radius 3 is 0.838 bits per heavy atom. The summed E-state index contributed by atoms with van der Waals surface area (Å²) in [4.78, 5) is 38.3. The van der Waals surface area contributed by atoms with E-state index in [4.69, 9.17) is 14.2 Å². The van der Waals surface area contributed by atoms with Crippen LogP contribution in [0.2, 0.25) is 0 Å². The molecule has 74 heavy (non-hydrogen) atoms. The average Bonchev–Trinajstić information content (AvgIpc) is 3.40. The van der Waals surface area contributed by atoms with Crippen LogP contribution in [0, 0.1) is 0 Å². The van der Waals surface area contributed by atoms with E-state index in [1.165, 1.54) is 180 Å². The fraction of sp³-hybridized carbons (Fsp3) is 0.779. The minimum absolute atomic E-state index is 0.0781. The molecule has 0 saturated heterocycles. The zero-order chi connectivity index (χ0) is 53.6. The third-order valence-corrected chi connectivity index (χ3v) is 13.9. The fourth-order valence-electron chi connectivity index (χ4n) is 9.17. The van der Waals surface area contributed by atoms with E-state index in [1.54, 1.807) is 0 Å². The van der Waals surface area contributed by atoms with Crippen LogP contribution in [0.3, 0.4) is 0 Å². The quantitative estimate of drug-likeness (QED) is 0.0261. The van der Waals surface area contributed by atoms with Gasteiger partial charge in [0.05, 0.1) is 0 Å². The highest BCUT2D eigenvalue weighted by molar-refractivity contribution is 5.71. The van der Waals surface area contributed by atoms with Crippen LogP contribution in [-0.4, -0.2) is 37.2 Å². The summed E-state index contributed by atoms with van der Waals surface area (Å²) < 4.78 is 16.9. The Kier molecular flexibility index (Phi) is 59.7. The van der Waals surface area contributed by atoms with Crippen molar-refractivity contribution < 1.29 is 28.6 Å². The van der Waals surface area contributed by atoms with Gasteiger partial charge in [-0.25, -0.2) is 0 Å². The normalized spacial score (nSPS) is 12.5. The van der Waals surface area contributed by atoms with Crippen molar-refractivity contribution in [3.63, 3.8) is 0 Å². The lowest BCUT2D eigenvalue weighted by Gasteiger charge is -2.18. The van der Waals surface area contributed by atoms with E-state index in [2.05, 4.69) is 93.7 Å². The molecule has 0 aromatic heterocycles. The lowest BCUT2D eigenvalue weighted by molar-refractivity contribution is -0.167. The molecule has 0 fully saturated rings. The molecule has 0 N–H and O–H groups in total. The number of ether oxygens (including phenoxy) is 3. The topological polar surface area (TPSA) is 78.9 Å². The average molecular weight is 1030 g/mol. The number of allylic oxidation sites excluding steroid dienone is 12. The van der Waals surface area contributed by atoms with Crippen LogP contribution >= 0.6 is 0 Å². The molecule has 428 valence electrons. The van der Waals surface area contributed by atoms with Crippen LogP contribution in [0.25, 0.3) is 0 Å². The van der Waals surface area contributed by atoms with Crippen molar-refractivity contribution in [2.24, 2.45) is 0 Å². The Hall–Kier alpha value is -3.15. The van der Waals surface area contributed by atoms with Crippen molar-refractivity contribution in [1.29, 1.82) is 0 Å². The first-order chi connectivity index (χ1) is 36.5. The van der Waals surface area contributed by atoms with Gasteiger partial charge in [0.1, 0.15) is 13.2 Å². The summed E-state index contributed by atoms with van der Waals surface area (Å²) in [5, 5.41) is 0. The SMILES string of the molecule is CC/C=C\C/C=C\C/C=C\C/C=C\C/C=C\CCCCCCCCCCCC(=O)OCC(COC(=O)CCCCCCC/C=C\CCCCCCCC)OC(=O)CCCCCCCCCCCCCCCCCC. The number of unbranched alkanes of at least 4 members (excludes halogenated alkanes) is 35. The molecule has 0 rings (SSSR count). The Labute approximate surface area is 459 Å². The summed E-state index contributed by atoms with van der Waals surface area (Å²) in [7, 11) is 0. The zero-order valence-electron chi connectivity index (χ0n) is 49.1. The predicted octanol–water partition coefficient (Wildman–Crippen LogP) is 21.7. The number of carbonyl (C=O) groups is 3. The van der Waals surface area contributed by atoms with E-state index < -0.39 is 6.10 Å². The lowest BCUT2D eigenvalue weighted by Crippen LogP contribution is -2.30. The molecule has 1 unspecified atom stereocenters. The van der Waals surface area contributed by atoms with Gasteiger partial charge in [-0.1, -0.05) is 286 Å². The molecule has 0 heterocycles. The Morgan fingerprint density at radius 2 is 0.527 bits per heavy atom. The van der Waals surface area contributed by atoms with Gasteiger partial charge in [-0.3, -0.25) is 14.4 Å². The molecule has 0 radical (unpaired) electrons. The summed E-state index contributed by atoms with van der Waals surface area (Å²) in [6, 6.07) is 0. The van der Waals surface area contributed by atoms with Gasteiger partial charge in [0, 0.05) is 19.3 Å². The maximum Gasteiger partial charge on any atom is 0.306 e. The van der Waals surface area contributed by atoms with Crippen LogP contribution in [-0.2, 0) is 28.6 Å². The largest absolute Gasteiger partial charge is 0.462 e. The highest BCUT2D eigenvalue weighted by Crippen LogP contribution is 2.17. The third-order valence-electron chi connectivity index (χ3n) is 13.9. The van der Waals surface area contributed by atoms with E-state index in [0.717, 1.165) is 103 Å². The summed E-state index contributed by atoms with van der Waals surface area (Å²) in [6.45, 7) is 6.55. The molecular formula is C68H120O6. The van der Waals surface area contributed by atoms with E-state index in [9.17, 15) is 14.4 Å². The summed E-state index contributed by atoms with van der Waals surface area (Å²) in [6.07, 6.45) is 80.4. The zero-order valence-corrected chi connectivity index (χ0v) is 49.1. The smallest absolute Gasteiger partial charge is 0.306 e. The van der Waals surface area contributed by atoms with Gasteiger partial charge in [0.2, 0.25) is 0 Å². The van der Waals surface area contributed by atoms with Gasteiger partial charge in [-0.15, -0.1) is 0 Å². The molecule has 0 saturated carbocycles. The van der Waals surface area contributed by atoms with Gasteiger partial charge in [-0.05, 0) is 89.9 Å². The van der Waals surface area contributed by atoms with Crippen molar-refractivity contribution in [3.05, 3.63) is 72.9 Å². The molecule has 6 nitrogen and oxygen atoms in total. The molecule has 0 aliphatic rings. The minimum Gasteiger partial charge on any atom is -0.462 e. The van der Waals surface area contributed by atoms with Gasteiger partial charge < -0.3 is 14.2 Å². The van der Waals surface area contributed by atoms with Crippen LogP contribution < -0.4 is 0 Å². The lowest BCUT2D eigenvalue weighted by atomic mass is 10.0.